The lowest BCUT2D eigenvalue weighted by Crippen LogP contribution is -2.30. The molecule has 2 aliphatic rings. The Bertz CT molecular complexity index is 778. The van der Waals surface area contributed by atoms with Crippen LogP contribution in [0.1, 0.15) is 27.2 Å². The fourth-order valence-corrected chi connectivity index (χ4v) is 3.51. The lowest BCUT2D eigenvalue weighted by molar-refractivity contribution is -0.122. The Morgan fingerprint density at radius 2 is 2.04 bits per heavy atom. The number of amides is 1. The predicted molar refractivity (Wildman–Crippen MR) is 115 cm³/mol. The second-order valence-corrected chi connectivity index (χ2v) is 7.50. The highest BCUT2D eigenvalue weighted by atomic mass is 16.2. The maximum Gasteiger partial charge on any atom is 0.227 e. The van der Waals surface area contributed by atoms with Crippen LogP contribution in [0.25, 0.3) is 0 Å². The number of carbonyl (C=O) groups is 1. The van der Waals surface area contributed by atoms with Crippen LogP contribution in [0.4, 0.5) is 0 Å². The number of aliphatic imine (C=N–C) groups is 1. The molecule has 0 radical (unpaired) electrons. The number of allylic oxidation sites excluding steroid dienone is 10. The Morgan fingerprint density at radius 3 is 2.67 bits per heavy atom. The van der Waals surface area contributed by atoms with E-state index in [1.54, 1.807) is 12.3 Å². The molecule has 4 atom stereocenters. The van der Waals surface area contributed by atoms with Gasteiger partial charge in [-0.3, -0.25) is 9.79 Å². The smallest absolute Gasteiger partial charge is 0.227 e. The van der Waals surface area contributed by atoms with Gasteiger partial charge in [-0.2, -0.15) is 0 Å². The molecular formula is C24H30N2O. The fraction of sp³-hybridized carbons (Fsp3) is 0.333. The van der Waals surface area contributed by atoms with E-state index in [4.69, 9.17) is 0 Å². The summed E-state index contributed by atoms with van der Waals surface area (Å²) in [4.78, 5) is 16.7. The maximum atomic E-state index is 12.6. The van der Waals surface area contributed by atoms with Gasteiger partial charge in [0.25, 0.3) is 0 Å². The molecule has 3 heteroatoms. The first-order chi connectivity index (χ1) is 12.8. The zero-order valence-electron chi connectivity index (χ0n) is 16.6. The number of rotatable bonds is 8. The molecule has 1 N–H and O–H groups in total. The summed E-state index contributed by atoms with van der Waals surface area (Å²) < 4.78 is 0. The van der Waals surface area contributed by atoms with E-state index in [9.17, 15) is 4.79 Å². The van der Waals surface area contributed by atoms with Crippen LogP contribution in [0.3, 0.4) is 0 Å². The quantitative estimate of drug-likeness (QED) is 0.462. The molecule has 3 unspecified atom stereocenters. The Morgan fingerprint density at radius 1 is 1.30 bits per heavy atom. The molecule has 0 heterocycles. The van der Waals surface area contributed by atoms with Crippen LogP contribution in [-0.2, 0) is 4.79 Å². The second kappa shape index (κ2) is 8.81. The monoisotopic (exact) mass is 362 g/mol. The normalized spacial score (nSPS) is 30.3. The van der Waals surface area contributed by atoms with Crippen LogP contribution in [0.15, 0.2) is 90.3 Å². The minimum Gasteiger partial charge on any atom is -0.330 e. The molecule has 0 spiro atoms. The van der Waals surface area contributed by atoms with Crippen molar-refractivity contribution in [3.05, 3.63) is 85.3 Å². The second-order valence-electron chi connectivity index (χ2n) is 7.50. The van der Waals surface area contributed by atoms with Crippen LogP contribution in [0.5, 0.6) is 0 Å². The van der Waals surface area contributed by atoms with Crippen molar-refractivity contribution in [1.29, 1.82) is 0 Å². The van der Waals surface area contributed by atoms with Crippen molar-refractivity contribution in [1.82, 2.24) is 5.32 Å². The summed E-state index contributed by atoms with van der Waals surface area (Å²) in [5, 5.41) is 3.03. The molecule has 0 aromatic carbocycles. The predicted octanol–water partition coefficient (Wildman–Crippen LogP) is 5.29. The van der Waals surface area contributed by atoms with Gasteiger partial charge in [0, 0.05) is 24.0 Å². The van der Waals surface area contributed by atoms with E-state index in [1.807, 2.05) is 19.1 Å². The largest absolute Gasteiger partial charge is 0.330 e. The van der Waals surface area contributed by atoms with Crippen LogP contribution >= 0.6 is 0 Å². The molecule has 1 saturated carbocycles. The summed E-state index contributed by atoms with van der Waals surface area (Å²) >= 11 is 0. The Labute approximate surface area is 163 Å². The average molecular weight is 363 g/mol. The van der Waals surface area contributed by atoms with Gasteiger partial charge in [0.15, 0.2) is 0 Å². The van der Waals surface area contributed by atoms with Crippen molar-refractivity contribution in [2.45, 2.75) is 27.2 Å². The molecular weight excluding hydrogens is 332 g/mol. The summed E-state index contributed by atoms with van der Waals surface area (Å²) in [6, 6.07) is 0. The Balaban J connectivity index is 2.01. The van der Waals surface area contributed by atoms with E-state index in [1.165, 1.54) is 6.20 Å². The van der Waals surface area contributed by atoms with Crippen molar-refractivity contribution in [2.75, 3.05) is 0 Å². The SMILES string of the molecule is C=C\N=C/C(=C/C=C(\C)NC(=O)C1CC1C1(C)C=CC=C[C@H]1C)C(=C)C=C. The zero-order valence-corrected chi connectivity index (χ0v) is 16.6. The van der Waals surface area contributed by atoms with Crippen LogP contribution in [-0.4, -0.2) is 12.1 Å². The van der Waals surface area contributed by atoms with E-state index in [0.717, 1.165) is 23.3 Å². The van der Waals surface area contributed by atoms with Gasteiger partial charge < -0.3 is 5.32 Å². The molecule has 0 aromatic heterocycles. The molecule has 0 saturated heterocycles. The lowest BCUT2D eigenvalue weighted by Gasteiger charge is -2.33. The van der Waals surface area contributed by atoms with Gasteiger partial charge in [0.2, 0.25) is 5.91 Å². The number of nitrogens with one attached hydrogen (secondary N) is 1. The summed E-state index contributed by atoms with van der Waals surface area (Å²) in [6.07, 6.45) is 18.2. The number of carbonyl (C=O) groups excluding carboxylic acids is 1. The highest BCUT2D eigenvalue weighted by Crippen LogP contribution is 2.56. The summed E-state index contributed by atoms with van der Waals surface area (Å²) in [6.45, 7) is 17.6. The topological polar surface area (TPSA) is 41.5 Å². The number of nitrogens with zero attached hydrogens (tertiary/aromatic N) is 1. The van der Waals surface area contributed by atoms with Crippen molar-refractivity contribution >= 4 is 12.1 Å². The van der Waals surface area contributed by atoms with Crippen LogP contribution < -0.4 is 5.32 Å². The Hall–Kier alpha value is -2.68. The fourth-order valence-electron chi connectivity index (χ4n) is 3.51. The van der Waals surface area contributed by atoms with Crippen molar-refractivity contribution < 1.29 is 4.79 Å². The minimum absolute atomic E-state index is 0.0598. The van der Waals surface area contributed by atoms with Gasteiger partial charge in [-0.15, -0.1) is 0 Å². The van der Waals surface area contributed by atoms with E-state index in [0.29, 0.717) is 11.8 Å². The van der Waals surface area contributed by atoms with E-state index < -0.39 is 0 Å². The molecule has 0 bridgehead atoms. The highest BCUT2D eigenvalue weighted by molar-refractivity contribution is 5.86. The maximum absolute atomic E-state index is 12.6. The molecule has 1 fully saturated rings. The minimum atomic E-state index is 0.0598. The van der Waals surface area contributed by atoms with Crippen molar-refractivity contribution in [3.63, 3.8) is 0 Å². The zero-order chi connectivity index (χ0) is 20.0. The lowest BCUT2D eigenvalue weighted by atomic mass is 9.71. The van der Waals surface area contributed by atoms with E-state index >= 15 is 0 Å². The van der Waals surface area contributed by atoms with Gasteiger partial charge in [-0.25, -0.2) is 0 Å². The van der Waals surface area contributed by atoms with Gasteiger partial charge in [-0.1, -0.05) is 70.0 Å². The van der Waals surface area contributed by atoms with E-state index in [-0.39, 0.29) is 17.2 Å². The highest BCUT2D eigenvalue weighted by Gasteiger charge is 2.54. The molecule has 142 valence electrons. The molecule has 3 nitrogen and oxygen atoms in total. The van der Waals surface area contributed by atoms with Gasteiger partial charge in [0.1, 0.15) is 0 Å². The third-order valence-electron chi connectivity index (χ3n) is 5.64. The van der Waals surface area contributed by atoms with Gasteiger partial charge in [0.05, 0.1) is 0 Å². The third kappa shape index (κ3) is 4.94. The standard InChI is InChI=1S/C24H30N2O/c1-7-17(3)20(16-25-8-2)13-12-19(5)26-23(27)21-15-22(21)24(6)14-10-9-11-18(24)4/h7-14,16,18,21-22H,1-3,15H2,4-6H3,(H,26,27)/b19-12+,20-13-,25-16-/t18-,21?,22?,24?/m1/s1. The number of hydrogen-bond donors (Lipinski definition) is 1. The summed E-state index contributed by atoms with van der Waals surface area (Å²) in [5.74, 6) is 1.02. The Kier molecular flexibility index (Phi) is 6.73. The molecule has 0 aromatic rings. The first kappa shape index (κ1) is 20.6. The first-order valence-corrected chi connectivity index (χ1v) is 9.34. The summed E-state index contributed by atoms with van der Waals surface area (Å²) in [5.41, 5.74) is 2.44. The van der Waals surface area contributed by atoms with Gasteiger partial charge in [-0.05, 0) is 47.8 Å². The molecule has 27 heavy (non-hydrogen) atoms. The average Bonchev–Trinajstić information content (AvgIpc) is 3.45. The van der Waals surface area contributed by atoms with Crippen molar-refractivity contribution in [2.24, 2.45) is 28.2 Å². The third-order valence-corrected chi connectivity index (χ3v) is 5.64. The number of hydrogen-bond acceptors (Lipinski definition) is 2. The summed E-state index contributed by atoms with van der Waals surface area (Å²) in [7, 11) is 0. The molecule has 2 aliphatic carbocycles. The van der Waals surface area contributed by atoms with Gasteiger partial charge >= 0.3 is 0 Å². The van der Waals surface area contributed by atoms with Crippen LogP contribution in [0.2, 0.25) is 0 Å². The van der Waals surface area contributed by atoms with Crippen LogP contribution in [0, 0.1) is 23.2 Å². The first-order valence-electron chi connectivity index (χ1n) is 9.34. The molecule has 0 aliphatic heterocycles. The van der Waals surface area contributed by atoms with Crippen molar-refractivity contribution in [3.8, 4) is 0 Å². The molecule has 1 amide bonds. The molecule has 2 rings (SSSR count). The van der Waals surface area contributed by atoms with E-state index in [2.05, 4.69) is 68.2 Å².